The minimum Gasteiger partial charge on any atom is -0.425 e. The average Bonchev–Trinajstić information content (AvgIpc) is 2.60. The van der Waals surface area contributed by atoms with E-state index in [0.717, 1.165) is 17.4 Å². The Balaban J connectivity index is 2.37. The Morgan fingerprint density at radius 2 is 1.46 bits per heavy atom. The molecule has 1 aliphatic carbocycles. The number of benzene rings is 2. The second-order valence-corrected chi connectivity index (χ2v) is 11.0. The SMILES string of the molecule is CC(C)(C)[C@@H]1C[C@@](CO[SiH3])(OS(C)(=O)=O)C1(c1ccccc1)c1ccccc1. The van der Waals surface area contributed by atoms with E-state index in [9.17, 15) is 8.42 Å². The van der Waals surface area contributed by atoms with E-state index < -0.39 is 21.1 Å². The van der Waals surface area contributed by atoms with E-state index in [2.05, 4.69) is 45.0 Å². The molecule has 2 atom stereocenters. The first kappa shape index (κ1) is 21.2. The molecule has 0 radical (unpaired) electrons. The van der Waals surface area contributed by atoms with Gasteiger partial charge < -0.3 is 4.43 Å². The summed E-state index contributed by atoms with van der Waals surface area (Å²) in [6.07, 6.45) is 1.75. The van der Waals surface area contributed by atoms with Gasteiger partial charge in [0.05, 0.1) is 18.3 Å². The molecule has 1 fully saturated rings. The van der Waals surface area contributed by atoms with Crippen LogP contribution in [-0.2, 0) is 24.1 Å². The Kier molecular flexibility index (Phi) is 5.62. The van der Waals surface area contributed by atoms with Gasteiger partial charge in [0.2, 0.25) is 0 Å². The van der Waals surface area contributed by atoms with E-state index in [1.165, 1.54) is 0 Å². The van der Waals surface area contributed by atoms with Crippen LogP contribution in [0.25, 0.3) is 0 Å². The molecule has 4 nitrogen and oxygen atoms in total. The molecule has 1 aliphatic rings. The third kappa shape index (κ3) is 3.47. The minimum absolute atomic E-state index is 0.0543. The summed E-state index contributed by atoms with van der Waals surface area (Å²) in [7, 11) is -3.17. The van der Waals surface area contributed by atoms with Crippen molar-refractivity contribution in [2.75, 3.05) is 12.9 Å². The van der Waals surface area contributed by atoms with Crippen molar-refractivity contribution in [3.63, 3.8) is 0 Å². The van der Waals surface area contributed by atoms with E-state index in [1.807, 2.05) is 36.4 Å². The molecule has 6 heteroatoms. The highest BCUT2D eigenvalue weighted by Crippen LogP contribution is 2.66. The predicted octanol–water partition coefficient (Wildman–Crippen LogP) is 3.05. The van der Waals surface area contributed by atoms with E-state index in [4.69, 9.17) is 8.61 Å². The maximum atomic E-state index is 12.4. The van der Waals surface area contributed by atoms with Crippen LogP contribution in [0.5, 0.6) is 0 Å². The molecule has 0 bridgehead atoms. The maximum Gasteiger partial charge on any atom is 0.265 e. The molecule has 2 aromatic rings. The second kappa shape index (κ2) is 7.41. The Bertz CT molecular complexity index is 867. The van der Waals surface area contributed by atoms with Gasteiger partial charge in [-0.25, -0.2) is 0 Å². The quantitative estimate of drug-likeness (QED) is 0.534. The fourth-order valence-electron chi connectivity index (χ4n) is 5.10. The van der Waals surface area contributed by atoms with Crippen LogP contribution in [0.1, 0.15) is 38.3 Å². The smallest absolute Gasteiger partial charge is 0.265 e. The first-order valence-corrected chi connectivity index (χ1v) is 12.2. The van der Waals surface area contributed by atoms with Crippen molar-refractivity contribution in [1.82, 2.24) is 0 Å². The number of hydrogen-bond acceptors (Lipinski definition) is 4. The van der Waals surface area contributed by atoms with Gasteiger partial charge in [-0.3, -0.25) is 4.18 Å². The summed E-state index contributed by atoms with van der Waals surface area (Å²) in [4.78, 5) is 0. The van der Waals surface area contributed by atoms with Crippen molar-refractivity contribution in [3.8, 4) is 0 Å². The molecule has 0 saturated heterocycles. The summed E-state index contributed by atoms with van der Waals surface area (Å²) in [5.41, 5.74) is 0.482. The molecule has 0 heterocycles. The zero-order valence-electron chi connectivity index (χ0n) is 17.3. The van der Waals surface area contributed by atoms with E-state index in [-0.39, 0.29) is 17.9 Å². The summed E-state index contributed by atoms with van der Waals surface area (Å²) in [6.45, 7) is 6.89. The monoisotopic (exact) mass is 418 g/mol. The van der Waals surface area contributed by atoms with Gasteiger partial charge in [-0.15, -0.1) is 0 Å². The van der Waals surface area contributed by atoms with Crippen molar-refractivity contribution < 1.29 is 17.0 Å². The highest BCUT2D eigenvalue weighted by atomic mass is 32.2. The molecular weight excluding hydrogens is 388 g/mol. The molecule has 0 unspecified atom stereocenters. The third-order valence-electron chi connectivity index (χ3n) is 5.97. The summed E-state index contributed by atoms with van der Waals surface area (Å²) >= 11 is 0. The molecular formula is C22H30O4SSi. The lowest BCUT2D eigenvalue weighted by Crippen LogP contribution is -2.73. The first-order valence-electron chi connectivity index (χ1n) is 9.57. The van der Waals surface area contributed by atoms with E-state index in [0.29, 0.717) is 16.9 Å². The van der Waals surface area contributed by atoms with Crippen molar-refractivity contribution in [1.29, 1.82) is 0 Å². The van der Waals surface area contributed by atoms with Crippen LogP contribution in [0.2, 0.25) is 0 Å². The topological polar surface area (TPSA) is 52.6 Å². The van der Waals surface area contributed by atoms with Crippen LogP contribution in [-0.4, -0.2) is 37.4 Å². The number of rotatable bonds is 6. The standard InChI is InChI=1S/C22H30O4SSi/c1-20(2,3)19-15-21(16-25-28,26-27(4,23)24)22(19,17-11-7-5-8-12-17)18-13-9-6-10-14-18/h5-14,19H,15-16H2,1-4,28H3/t19-,21-/m0/s1. The third-order valence-corrected chi connectivity index (χ3v) is 6.88. The molecule has 0 amide bonds. The zero-order chi connectivity index (χ0) is 20.6. The lowest BCUT2D eigenvalue weighted by atomic mass is 9.40. The van der Waals surface area contributed by atoms with E-state index >= 15 is 0 Å². The molecule has 0 aliphatic heterocycles. The summed E-state index contributed by atoms with van der Waals surface area (Å²) in [6, 6.07) is 20.3. The van der Waals surface area contributed by atoms with Crippen molar-refractivity contribution in [2.45, 2.75) is 38.2 Å². The summed E-state index contributed by atoms with van der Waals surface area (Å²) in [5, 5.41) is 0. The molecule has 3 rings (SSSR count). The van der Waals surface area contributed by atoms with Gasteiger partial charge in [0.15, 0.2) is 0 Å². The average molecular weight is 419 g/mol. The van der Waals surface area contributed by atoms with Gasteiger partial charge >= 0.3 is 0 Å². The van der Waals surface area contributed by atoms with Crippen LogP contribution < -0.4 is 0 Å². The minimum atomic E-state index is -3.69. The van der Waals surface area contributed by atoms with Crippen LogP contribution in [0, 0.1) is 11.3 Å². The molecule has 152 valence electrons. The Morgan fingerprint density at radius 3 is 1.82 bits per heavy atom. The van der Waals surface area contributed by atoms with Gasteiger partial charge in [-0.05, 0) is 28.9 Å². The zero-order valence-corrected chi connectivity index (χ0v) is 20.1. The van der Waals surface area contributed by atoms with Gasteiger partial charge in [0, 0.05) is 0 Å². The van der Waals surface area contributed by atoms with Crippen LogP contribution in [0.4, 0.5) is 0 Å². The molecule has 1 saturated carbocycles. The van der Waals surface area contributed by atoms with Crippen LogP contribution in [0.15, 0.2) is 60.7 Å². The molecule has 0 N–H and O–H groups in total. The van der Waals surface area contributed by atoms with Crippen molar-refractivity contribution in [2.24, 2.45) is 11.3 Å². The largest absolute Gasteiger partial charge is 0.425 e. The van der Waals surface area contributed by atoms with Gasteiger partial charge in [-0.2, -0.15) is 8.42 Å². The van der Waals surface area contributed by atoms with Crippen LogP contribution in [0.3, 0.4) is 0 Å². The Labute approximate surface area is 171 Å². The molecule has 28 heavy (non-hydrogen) atoms. The van der Waals surface area contributed by atoms with Gasteiger partial charge in [0.1, 0.15) is 16.1 Å². The fraction of sp³-hybridized carbons (Fsp3) is 0.455. The highest BCUT2D eigenvalue weighted by molar-refractivity contribution is 7.86. The molecule has 2 aromatic carbocycles. The number of hydrogen-bond donors (Lipinski definition) is 0. The van der Waals surface area contributed by atoms with Crippen LogP contribution >= 0.6 is 0 Å². The van der Waals surface area contributed by atoms with Crippen molar-refractivity contribution >= 4 is 20.6 Å². The van der Waals surface area contributed by atoms with E-state index in [1.54, 1.807) is 0 Å². The summed E-state index contributed by atoms with van der Waals surface area (Å²) < 4.78 is 36.3. The molecule has 0 aromatic heterocycles. The lowest BCUT2D eigenvalue weighted by Gasteiger charge is -2.67. The normalized spacial score (nSPS) is 24.6. The summed E-state index contributed by atoms with van der Waals surface area (Å²) in [5.74, 6) is 0.184. The predicted molar refractivity (Wildman–Crippen MR) is 116 cm³/mol. The first-order chi connectivity index (χ1) is 13.1. The molecule has 0 spiro atoms. The maximum absolute atomic E-state index is 12.4. The lowest BCUT2D eigenvalue weighted by molar-refractivity contribution is -0.171. The fourth-order valence-corrected chi connectivity index (χ4v) is 6.40. The Hall–Kier alpha value is -1.47. The van der Waals surface area contributed by atoms with Gasteiger partial charge in [0.25, 0.3) is 10.1 Å². The van der Waals surface area contributed by atoms with Crippen molar-refractivity contribution in [3.05, 3.63) is 71.8 Å². The highest BCUT2D eigenvalue weighted by Gasteiger charge is 2.71. The second-order valence-electron chi connectivity index (χ2n) is 8.88. The Morgan fingerprint density at radius 1 is 1.00 bits per heavy atom. The van der Waals surface area contributed by atoms with Gasteiger partial charge in [-0.1, -0.05) is 81.4 Å².